The number of ether oxygens (including phenoxy) is 1. The van der Waals surface area contributed by atoms with Gasteiger partial charge < -0.3 is 25.5 Å². The molecule has 4 heterocycles. The summed E-state index contributed by atoms with van der Waals surface area (Å²) in [6, 6.07) is 12.3. The smallest absolute Gasteiger partial charge is 0.259 e. The molecular formula is C31H32N6O6. The number of pyridine rings is 1. The van der Waals surface area contributed by atoms with Crippen molar-refractivity contribution < 1.29 is 29.0 Å². The highest BCUT2D eigenvalue weighted by atomic mass is 16.5. The zero-order valence-electron chi connectivity index (χ0n) is 23.4. The van der Waals surface area contributed by atoms with Crippen molar-refractivity contribution >= 4 is 51.1 Å². The fraction of sp³-hybridized carbons (Fsp3) is 0.323. The van der Waals surface area contributed by atoms with Crippen LogP contribution >= 0.6 is 0 Å². The molecule has 1 fully saturated rings. The first-order valence-corrected chi connectivity index (χ1v) is 14.3. The van der Waals surface area contributed by atoms with E-state index in [0.717, 1.165) is 32.3 Å². The number of benzene rings is 2. The van der Waals surface area contributed by atoms with Gasteiger partial charge in [0.05, 0.1) is 18.8 Å². The van der Waals surface area contributed by atoms with E-state index < -0.39 is 24.1 Å². The van der Waals surface area contributed by atoms with Crippen molar-refractivity contribution in [3.05, 3.63) is 71.5 Å². The summed E-state index contributed by atoms with van der Waals surface area (Å²) < 4.78 is 5.64. The molecule has 4 aromatic rings. The number of aromatic nitrogens is 2. The number of piperidine rings is 1. The second-order valence-corrected chi connectivity index (χ2v) is 10.6. The molecular weight excluding hydrogens is 552 g/mol. The van der Waals surface area contributed by atoms with Crippen molar-refractivity contribution in [1.29, 1.82) is 0 Å². The molecule has 2 aromatic carbocycles. The van der Waals surface area contributed by atoms with Gasteiger partial charge in [-0.05, 0) is 36.6 Å². The number of H-pyrrole nitrogens is 1. The summed E-state index contributed by atoms with van der Waals surface area (Å²) >= 11 is 0. The fourth-order valence-electron chi connectivity index (χ4n) is 5.74. The number of imide groups is 1. The van der Waals surface area contributed by atoms with Gasteiger partial charge >= 0.3 is 0 Å². The lowest BCUT2D eigenvalue weighted by atomic mass is 10.0. The molecule has 12 nitrogen and oxygen atoms in total. The monoisotopic (exact) mass is 584 g/mol. The van der Waals surface area contributed by atoms with E-state index in [0.29, 0.717) is 56.0 Å². The summed E-state index contributed by atoms with van der Waals surface area (Å²) in [6.07, 6.45) is 3.58. The average molecular weight is 585 g/mol. The number of nitrogens with one attached hydrogen (secondary N) is 4. The standard InChI is InChI=1S/C31H32N6O6/c38-26(8-5-18-4-6-19-21-17-32-11-10-22(21)35-24(19)16-18)34-13-15-43-14-12-33-23-3-1-2-20-28(23)31(42)37(30(20)41)25-7-9-27(39)36-29(25)40/h1-4,6,10-11,16-17,25,30,33,35,41H,5,7-9,12-15H2,(H,34,38)(H,36,39,40). The molecule has 6 rings (SSSR count). The summed E-state index contributed by atoms with van der Waals surface area (Å²) in [7, 11) is 0. The lowest BCUT2D eigenvalue weighted by molar-refractivity contribution is -0.139. The van der Waals surface area contributed by atoms with Crippen LogP contribution in [0.25, 0.3) is 21.8 Å². The number of aliphatic hydroxyl groups is 1. The number of hydrogen-bond acceptors (Lipinski definition) is 8. The van der Waals surface area contributed by atoms with E-state index in [1.165, 1.54) is 0 Å². The number of amides is 4. The maximum Gasteiger partial charge on any atom is 0.259 e. The first-order chi connectivity index (χ1) is 20.9. The van der Waals surface area contributed by atoms with E-state index in [1.807, 2.05) is 18.3 Å². The number of carbonyl (C=O) groups is 4. The maximum absolute atomic E-state index is 13.2. The van der Waals surface area contributed by atoms with Crippen LogP contribution in [0.5, 0.6) is 0 Å². The SMILES string of the molecule is O=C(CCc1ccc2c(c1)[nH]c1ccncc12)NCCOCCNc1cccc2c1C(=O)N(C1CCC(=O)NC1=O)C2O. The zero-order chi connectivity index (χ0) is 29.9. The van der Waals surface area contributed by atoms with Crippen molar-refractivity contribution in [3.8, 4) is 0 Å². The van der Waals surface area contributed by atoms with Gasteiger partial charge in [0.2, 0.25) is 17.7 Å². The number of rotatable bonds is 11. The summed E-state index contributed by atoms with van der Waals surface area (Å²) in [4.78, 5) is 58.1. The summed E-state index contributed by atoms with van der Waals surface area (Å²) in [5, 5.41) is 21.3. The van der Waals surface area contributed by atoms with E-state index in [2.05, 4.69) is 38.1 Å². The number of carbonyl (C=O) groups excluding carboxylic acids is 4. The Morgan fingerprint density at radius 2 is 1.93 bits per heavy atom. The Morgan fingerprint density at radius 1 is 1.07 bits per heavy atom. The van der Waals surface area contributed by atoms with Crippen LogP contribution in [0.4, 0.5) is 5.69 Å². The summed E-state index contributed by atoms with van der Waals surface area (Å²) in [6.45, 7) is 1.42. The molecule has 12 heteroatoms. The third kappa shape index (κ3) is 5.79. The number of anilines is 1. The first-order valence-electron chi connectivity index (χ1n) is 14.3. The van der Waals surface area contributed by atoms with Gasteiger partial charge in [-0.25, -0.2) is 0 Å². The van der Waals surface area contributed by atoms with Gasteiger partial charge in [0.15, 0.2) is 6.23 Å². The Balaban J connectivity index is 0.920. The molecule has 2 unspecified atom stereocenters. The zero-order valence-corrected chi connectivity index (χ0v) is 23.4. The first kappa shape index (κ1) is 28.3. The highest BCUT2D eigenvalue weighted by Gasteiger charge is 2.45. The molecule has 0 aliphatic carbocycles. The molecule has 2 aliphatic heterocycles. The van der Waals surface area contributed by atoms with Crippen LogP contribution in [-0.4, -0.2) is 75.9 Å². The molecule has 43 heavy (non-hydrogen) atoms. The van der Waals surface area contributed by atoms with E-state index in [9.17, 15) is 24.3 Å². The predicted molar refractivity (Wildman–Crippen MR) is 158 cm³/mol. The van der Waals surface area contributed by atoms with Crippen molar-refractivity contribution in [2.24, 2.45) is 0 Å². The van der Waals surface area contributed by atoms with Gasteiger partial charge in [-0.1, -0.05) is 24.3 Å². The Kier molecular flexibility index (Phi) is 8.03. The predicted octanol–water partition coefficient (Wildman–Crippen LogP) is 2.15. The molecule has 0 spiro atoms. The molecule has 0 saturated carbocycles. The van der Waals surface area contributed by atoms with Crippen LogP contribution < -0.4 is 16.0 Å². The molecule has 5 N–H and O–H groups in total. The number of aromatic amines is 1. The molecule has 0 radical (unpaired) electrons. The lowest BCUT2D eigenvalue weighted by Crippen LogP contribution is -2.53. The lowest BCUT2D eigenvalue weighted by Gasteiger charge is -2.31. The van der Waals surface area contributed by atoms with Gasteiger partial charge in [-0.15, -0.1) is 0 Å². The Morgan fingerprint density at radius 3 is 2.79 bits per heavy atom. The number of aryl methyl sites for hydroxylation is 1. The Bertz CT molecular complexity index is 1720. The van der Waals surface area contributed by atoms with Crippen LogP contribution in [-0.2, 0) is 25.5 Å². The highest BCUT2D eigenvalue weighted by Crippen LogP contribution is 2.38. The van der Waals surface area contributed by atoms with E-state index >= 15 is 0 Å². The van der Waals surface area contributed by atoms with E-state index in [-0.39, 0.29) is 24.7 Å². The largest absolute Gasteiger partial charge is 0.382 e. The number of hydrogen-bond donors (Lipinski definition) is 5. The van der Waals surface area contributed by atoms with Crippen LogP contribution in [0.15, 0.2) is 54.9 Å². The fourth-order valence-corrected chi connectivity index (χ4v) is 5.74. The van der Waals surface area contributed by atoms with Gasteiger partial charge in [-0.2, -0.15) is 0 Å². The van der Waals surface area contributed by atoms with Gasteiger partial charge in [0.1, 0.15) is 6.04 Å². The number of nitrogens with zero attached hydrogens (tertiary/aromatic N) is 2. The van der Waals surface area contributed by atoms with Crippen LogP contribution in [0.1, 0.15) is 47.0 Å². The molecule has 222 valence electrons. The quantitative estimate of drug-likeness (QED) is 0.132. The van der Waals surface area contributed by atoms with Gasteiger partial charge in [0, 0.05) is 71.4 Å². The van der Waals surface area contributed by atoms with Crippen LogP contribution in [0.2, 0.25) is 0 Å². The van der Waals surface area contributed by atoms with Crippen LogP contribution in [0.3, 0.4) is 0 Å². The van der Waals surface area contributed by atoms with Crippen molar-refractivity contribution in [3.63, 3.8) is 0 Å². The molecule has 4 amide bonds. The second kappa shape index (κ2) is 12.2. The molecule has 2 atom stereocenters. The number of fused-ring (bicyclic) bond motifs is 4. The second-order valence-electron chi connectivity index (χ2n) is 10.6. The molecule has 2 aromatic heterocycles. The molecule has 0 bridgehead atoms. The van der Waals surface area contributed by atoms with Crippen LogP contribution in [0, 0.1) is 0 Å². The van der Waals surface area contributed by atoms with Crippen molar-refractivity contribution in [1.82, 2.24) is 25.5 Å². The van der Waals surface area contributed by atoms with Gasteiger partial charge in [0.25, 0.3) is 5.91 Å². The third-order valence-corrected chi connectivity index (χ3v) is 7.87. The topological polar surface area (TPSA) is 166 Å². The van der Waals surface area contributed by atoms with Crippen molar-refractivity contribution in [2.75, 3.05) is 31.6 Å². The maximum atomic E-state index is 13.2. The van der Waals surface area contributed by atoms with E-state index in [4.69, 9.17) is 4.74 Å². The minimum Gasteiger partial charge on any atom is -0.382 e. The minimum absolute atomic E-state index is 0.0554. The Labute approximate surface area is 246 Å². The summed E-state index contributed by atoms with van der Waals surface area (Å²) in [5.74, 6) is -1.50. The van der Waals surface area contributed by atoms with Crippen molar-refractivity contribution in [2.45, 2.75) is 38.0 Å². The third-order valence-electron chi connectivity index (χ3n) is 7.87. The summed E-state index contributed by atoms with van der Waals surface area (Å²) in [5.41, 5.74) is 4.36. The number of aliphatic hydroxyl groups excluding tert-OH is 1. The van der Waals surface area contributed by atoms with Gasteiger partial charge in [-0.3, -0.25) is 34.4 Å². The average Bonchev–Trinajstić information content (AvgIpc) is 3.50. The normalized spacial score (nSPS) is 18.3. The Hall–Kier alpha value is -4.81. The van der Waals surface area contributed by atoms with E-state index in [1.54, 1.807) is 24.4 Å². The molecule has 2 aliphatic rings. The highest BCUT2D eigenvalue weighted by molar-refractivity contribution is 6.08. The minimum atomic E-state index is -1.28. The molecule has 1 saturated heterocycles.